The molecule has 0 aliphatic heterocycles. The minimum absolute atomic E-state index is 0.113. The normalized spacial score (nSPS) is 10.8. The molecule has 3 aromatic heterocycles. The summed E-state index contributed by atoms with van der Waals surface area (Å²) in [6.45, 7) is 0. The van der Waals surface area contributed by atoms with E-state index in [1.54, 1.807) is 35.0 Å². The second kappa shape index (κ2) is 4.37. The van der Waals surface area contributed by atoms with Crippen molar-refractivity contribution in [3.63, 3.8) is 0 Å². The molecule has 0 amide bonds. The first-order valence-electron chi connectivity index (χ1n) is 5.50. The first-order chi connectivity index (χ1) is 9.18. The fourth-order valence-electron chi connectivity index (χ4n) is 1.94. The van der Waals surface area contributed by atoms with Crippen LogP contribution >= 0.6 is 11.6 Å². The van der Waals surface area contributed by atoms with Gasteiger partial charge in [0, 0.05) is 12.4 Å². The Morgan fingerprint density at radius 1 is 1.26 bits per heavy atom. The van der Waals surface area contributed by atoms with Crippen molar-refractivity contribution in [2.45, 2.75) is 0 Å². The van der Waals surface area contributed by atoms with Crippen LogP contribution < -0.4 is 0 Å². The Morgan fingerprint density at radius 3 is 2.79 bits per heavy atom. The average molecular weight is 274 g/mol. The van der Waals surface area contributed by atoms with E-state index in [4.69, 9.17) is 11.6 Å². The van der Waals surface area contributed by atoms with Crippen LogP contribution in [0.4, 0.5) is 0 Å². The summed E-state index contributed by atoms with van der Waals surface area (Å²) in [6, 6.07) is 8.55. The highest BCUT2D eigenvalue weighted by Gasteiger charge is 2.18. The van der Waals surface area contributed by atoms with Crippen LogP contribution in [0.15, 0.2) is 42.7 Å². The molecule has 0 aliphatic rings. The number of hydrogen-bond acceptors (Lipinski definition) is 3. The third kappa shape index (κ3) is 1.84. The first-order valence-corrected chi connectivity index (χ1v) is 5.87. The largest absolute Gasteiger partial charge is 0.478 e. The van der Waals surface area contributed by atoms with Crippen molar-refractivity contribution in [3.05, 3.63) is 53.4 Å². The maximum absolute atomic E-state index is 11.2. The van der Waals surface area contributed by atoms with Gasteiger partial charge in [-0.3, -0.25) is 9.38 Å². The predicted octanol–water partition coefficient (Wildman–Crippen LogP) is 2.75. The van der Waals surface area contributed by atoms with Crippen LogP contribution in [0.25, 0.3) is 17.0 Å². The Labute approximate surface area is 113 Å². The summed E-state index contributed by atoms with van der Waals surface area (Å²) in [5.41, 5.74) is 1.12. The minimum atomic E-state index is -1.04. The fourth-order valence-corrected chi connectivity index (χ4v) is 2.22. The number of nitrogens with zero attached hydrogens (tertiary/aromatic N) is 3. The zero-order valence-corrected chi connectivity index (χ0v) is 10.4. The molecular formula is C13H8ClN3O2. The van der Waals surface area contributed by atoms with Crippen LogP contribution in [-0.4, -0.2) is 25.4 Å². The summed E-state index contributed by atoms with van der Waals surface area (Å²) in [5, 5.41) is 9.32. The number of fused-ring (bicyclic) bond motifs is 1. The van der Waals surface area contributed by atoms with Gasteiger partial charge >= 0.3 is 5.97 Å². The van der Waals surface area contributed by atoms with E-state index in [9.17, 15) is 9.90 Å². The summed E-state index contributed by atoms with van der Waals surface area (Å²) in [6.07, 6.45) is 3.36. The molecule has 0 radical (unpaired) electrons. The Bertz CT molecular complexity index is 768. The number of hydrogen-bond donors (Lipinski definition) is 1. The number of aromatic carboxylic acids is 1. The van der Waals surface area contributed by atoms with Gasteiger partial charge in [0.2, 0.25) is 0 Å². The molecule has 1 N–H and O–H groups in total. The Hall–Kier alpha value is -2.40. The Balaban J connectivity index is 2.35. The van der Waals surface area contributed by atoms with Crippen molar-refractivity contribution in [3.8, 4) is 11.5 Å². The molecule has 3 aromatic rings. The van der Waals surface area contributed by atoms with Crippen LogP contribution in [-0.2, 0) is 0 Å². The average Bonchev–Trinajstić information content (AvgIpc) is 2.77. The van der Waals surface area contributed by atoms with E-state index >= 15 is 0 Å². The second-order valence-corrected chi connectivity index (χ2v) is 4.24. The lowest BCUT2D eigenvalue weighted by molar-refractivity contribution is 0.0698. The smallest absolute Gasteiger partial charge is 0.337 e. The van der Waals surface area contributed by atoms with E-state index in [0.717, 1.165) is 0 Å². The molecule has 0 spiro atoms. The summed E-state index contributed by atoms with van der Waals surface area (Å²) in [5.74, 6) is -0.524. The van der Waals surface area contributed by atoms with Gasteiger partial charge in [-0.1, -0.05) is 17.7 Å². The topological polar surface area (TPSA) is 67.5 Å². The number of halogens is 1. The monoisotopic (exact) mass is 273 g/mol. The van der Waals surface area contributed by atoms with Gasteiger partial charge in [0.05, 0.1) is 11.1 Å². The quantitative estimate of drug-likeness (QED) is 0.779. The zero-order chi connectivity index (χ0) is 13.4. The predicted molar refractivity (Wildman–Crippen MR) is 70.4 cm³/mol. The number of imidazole rings is 1. The third-order valence-corrected chi connectivity index (χ3v) is 3.01. The number of carbonyl (C=O) groups is 1. The first kappa shape index (κ1) is 11.7. The molecule has 3 rings (SSSR count). The third-order valence-electron chi connectivity index (χ3n) is 2.75. The lowest BCUT2D eigenvalue weighted by atomic mass is 10.2. The van der Waals surface area contributed by atoms with Crippen LogP contribution in [0.3, 0.4) is 0 Å². The van der Waals surface area contributed by atoms with Gasteiger partial charge in [-0.2, -0.15) is 0 Å². The second-order valence-electron chi connectivity index (χ2n) is 3.89. The maximum Gasteiger partial charge on any atom is 0.337 e. The van der Waals surface area contributed by atoms with Gasteiger partial charge in [0.15, 0.2) is 11.0 Å². The summed E-state index contributed by atoms with van der Waals surface area (Å²) >= 11 is 6.05. The number of aromatic nitrogens is 3. The van der Waals surface area contributed by atoms with Crippen molar-refractivity contribution < 1.29 is 9.90 Å². The molecule has 19 heavy (non-hydrogen) atoms. The number of pyridine rings is 2. The molecule has 0 aromatic carbocycles. The van der Waals surface area contributed by atoms with E-state index in [-0.39, 0.29) is 10.7 Å². The standard InChI is InChI=1S/C13H8ClN3O2/c14-11-10-8(13(18)19)4-3-7-17(10)12(16-11)9-5-1-2-6-15-9/h1-7H,(H,18,19). The lowest BCUT2D eigenvalue weighted by Gasteiger charge is -2.02. The highest BCUT2D eigenvalue weighted by Crippen LogP contribution is 2.26. The number of rotatable bonds is 2. The highest BCUT2D eigenvalue weighted by molar-refractivity contribution is 6.33. The molecule has 3 heterocycles. The zero-order valence-electron chi connectivity index (χ0n) is 9.62. The van der Waals surface area contributed by atoms with Gasteiger partial charge < -0.3 is 5.11 Å². The van der Waals surface area contributed by atoms with Crippen LogP contribution in [0.1, 0.15) is 10.4 Å². The van der Waals surface area contributed by atoms with Crippen LogP contribution in [0, 0.1) is 0 Å². The SMILES string of the molecule is O=C(O)c1cccn2c(-c3ccccn3)nc(Cl)c12. The molecule has 0 aliphatic carbocycles. The summed E-state index contributed by atoms with van der Waals surface area (Å²) < 4.78 is 1.63. The van der Waals surface area contributed by atoms with Crippen molar-refractivity contribution in [2.75, 3.05) is 0 Å². The van der Waals surface area contributed by atoms with E-state index in [2.05, 4.69) is 9.97 Å². The van der Waals surface area contributed by atoms with Crippen LogP contribution in [0.2, 0.25) is 5.15 Å². The molecule has 0 fully saturated rings. The van der Waals surface area contributed by atoms with Crippen LogP contribution in [0.5, 0.6) is 0 Å². The van der Waals surface area contributed by atoms with Gasteiger partial charge in [0.1, 0.15) is 5.69 Å². The van der Waals surface area contributed by atoms with Gasteiger partial charge in [0.25, 0.3) is 0 Å². The molecule has 0 bridgehead atoms. The van der Waals surface area contributed by atoms with Gasteiger partial charge in [-0.15, -0.1) is 0 Å². The number of carboxylic acids is 1. The molecule has 5 nitrogen and oxygen atoms in total. The molecule has 0 saturated heterocycles. The number of carboxylic acid groups (broad SMARTS) is 1. The van der Waals surface area contributed by atoms with E-state index in [1.807, 2.05) is 6.07 Å². The Morgan fingerprint density at radius 2 is 2.11 bits per heavy atom. The molecule has 0 atom stereocenters. The van der Waals surface area contributed by atoms with E-state index in [0.29, 0.717) is 17.0 Å². The fraction of sp³-hybridized carbons (Fsp3) is 0. The molecule has 94 valence electrons. The van der Waals surface area contributed by atoms with E-state index in [1.165, 1.54) is 6.07 Å². The molecule has 6 heteroatoms. The molecular weight excluding hydrogens is 266 g/mol. The summed E-state index contributed by atoms with van der Waals surface area (Å²) in [4.78, 5) is 19.6. The van der Waals surface area contributed by atoms with E-state index < -0.39 is 5.97 Å². The van der Waals surface area contributed by atoms with Crippen molar-refractivity contribution >= 4 is 23.1 Å². The minimum Gasteiger partial charge on any atom is -0.478 e. The lowest BCUT2D eigenvalue weighted by Crippen LogP contribution is -2.00. The van der Waals surface area contributed by atoms with Gasteiger partial charge in [-0.25, -0.2) is 9.78 Å². The van der Waals surface area contributed by atoms with Gasteiger partial charge in [-0.05, 0) is 24.3 Å². The Kier molecular flexibility index (Phi) is 2.68. The van der Waals surface area contributed by atoms with Crippen molar-refractivity contribution in [2.24, 2.45) is 0 Å². The van der Waals surface area contributed by atoms with Crippen molar-refractivity contribution in [1.82, 2.24) is 14.4 Å². The maximum atomic E-state index is 11.2. The van der Waals surface area contributed by atoms with Crippen molar-refractivity contribution in [1.29, 1.82) is 0 Å². The molecule has 0 saturated carbocycles. The molecule has 0 unspecified atom stereocenters. The summed E-state index contributed by atoms with van der Waals surface area (Å²) in [7, 11) is 0. The highest BCUT2D eigenvalue weighted by atomic mass is 35.5.